The predicted molar refractivity (Wildman–Crippen MR) is 104 cm³/mol. The van der Waals surface area contributed by atoms with Gasteiger partial charge in [-0.05, 0) is 56.7 Å². The van der Waals surface area contributed by atoms with E-state index in [1.165, 1.54) is 0 Å². The van der Waals surface area contributed by atoms with Crippen molar-refractivity contribution in [1.82, 2.24) is 24.5 Å². The Morgan fingerprint density at radius 1 is 1.11 bits per heavy atom. The van der Waals surface area contributed by atoms with Crippen LogP contribution in [0.3, 0.4) is 0 Å². The van der Waals surface area contributed by atoms with Crippen molar-refractivity contribution in [2.45, 2.75) is 26.8 Å². The van der Waals surface area contributed by atoms with Crippen LogP contribution in [0.2, 0.25) is 0 Å². The van der Waals surface area contributed by atoms with Gasteiger partial charge in [0.15, 0.2) is 5.65 Å². The summed E-state index contributed by atoms with van der Waals surface area (Å²) in [6.07, 6.45) is 5.58. The van der Waals surface area contributed by atoms with Gasteiger partial charge in [0, 0.05) is 29.5 Å². The van der Waals surface area contributed by atoms with Gasteiger partial charge in [-0.3, -0.25) is 4.79 Å². The Bertz CT molecular complexity index is 1090. The number of amides is 1. The van der Waals surface area contributed by atoms with Gasteiger partial charge in [0.05, 0.1) is 12.2 Å². The second-order valence-corrected chi connectivity index (χ2v) is 6.71. The molecule has 0 radical (unpaired) electrons. The Morgan fingerprint density at radius 2 is 1.81 bits per heavy atom. The van der Waals surface area contributed by atoms with E-state index in [0.29, 0.717) is 11.2 Å². The molecule has 0 aliphatic carbocycles. The molecule has 0 aliphatic rings. The number of carbonyl (C=O) groups excluding carboxylic acids is 1. The molecule has 6 nitrogen and oxygen atoms in total. The molecular weight excluding hydrogens is 338 g/mol. The molecule has 0 bridgehead atoms. The normalized spacial score (nSPS) is 12.3. The van der Waals surface area contributed by atoms with E-state index in [1.807, 2.05) is 80.2 Å². The highest BCUT2D eigenvalue weighted by molar-refractivity contribution is 5.99. The third-order valence-corrected chi connectivity index (χ3v) is 4.67. The van der Waals surface area contributed by atoms with E-state index in [-0.39, 0.29) is 11.9 Å². The molecule has 1 aromatic carbocycles. The summed E-state index contributed by atoms with van der Waals surface area (Å²) in [5, 5.41) is 7.34. The van der Waals surface area contributed by atoms with Gasteiger partial charge in [0.25, 0.3) is 5.91 Å². The lowest BCUT2D eigenvalue weighted by Crippen LogP contribution is -2.26. The number of hydrogen-bond acceptors (Lipinski definition) is 3. The highest BCUT2D eigenvalue weighted by Crippen LogP contribution is 2.18. The molecule has 0 spiro atoms. The number of aryl methyl sites for hydroxylation is 2. The molecule has 3 aromatic heterocycles. The number of benzene rings is 1. The first-order valence-electron chi connectivity index (χ1n) is 8.89. The van der Waals surface area contributed by atoms with Crippen LogP contribution in [-0.4, -0.2) is 25.1 Å². The number of nitrogens with zero attached hydrogens (tertiary/aromatic N) is 4. The van der Waals surface area contributed by atoms with Crippen LogP contribution in [-0.2, 0) is 0 Å². The van der Waals surface area contributed by atoms with Crippen molar-refractivity contribution in [3.8, 4) is 5.69 Å². The second kappa shape index (κ2) is 6.72. The monoisotopic (exact) mass is 359 g/mol. The fourth-order valence-corrected chi connectivity index (χ4v) is 3.23. The topological polar surface area (TPSA) is 64.2 Å². The SMILES string of the molecule is Cc1cc(C)n2ncc(C(=O)NC(C)c3ccc(-n4cccc4)cc3)c2n1. The molecule has 1 amide bonds. The zero-order chi connectivity index (χ0) is 19.0. The number of aromatic nitrogens is 4. The maximum atomic E-state index is 12.8. The van der Waals surface area contributed by atoms with E-state index >= 15 is 0 Å². The minimum absolute atomic E-state index is 0.128. The molecule has 6 heteroatoms. The molecular formula is C21H21N5O. The summed E-state index contributed by atoms with van der Waals surface area (Å²) in [5.41, 5.74) is 5.00. The summed E-state index contributed by atoms with van der Waals surface area (Å²) in [4.78, 5) is 17.2. The van der Waals surface area contributed by atoms with Gasteiger partial charge < -0.3 is 9.88 Å². The summed E-state index contributed by atoms with van der Waals surface area (Å²) in [7, 11) is 0. The Kier molecular flexibility index (Phi) is 4.24. The molecule has 1 atom stereocenters. The highest BCUT2D eigenvalue weighted by atomic mass is 16.1. The molecule has 1 unspecified atom stereocenters. The molecule has 1 N–H and O–H groups in total. The van der Waals surface area contributed by atoms with Gasteiger partial charge in [0.1, 0.15) is 5.56 Å². The summed E-state index contributed by atoms with van der Waals surface area (Å²) >= 11 is 0. The summed E-state index contributed by atoms with van der Waals surface area (Å²) < 4.78 is 3.74. The molecule has 4 aromatic rings. The van der Waals surface area contributed by atoms with Crippen molar-refractivity contribution >= 4 is 11.6 Å². The first-order valence-corrected chi connectivity index (χ1v) is 8.89. The van der Waals surface area contributed by atoms with E-state index in [1.54, 1.807) is 10.7 Å². The summed E-state index contributed by atoms with van der Waals surface area (Å²) in [6, 6.07) is 13.9. The second-order valence-electron chi connectivity index (χ2n) is 6.71. The zero-order valence-electron chi connectivity index (χ0n) is 15.5. The maximum Gasteiger partial charge on any atom is 0.257 e. The highest BCUT2D eigenvalue weighted by Gasteiger charge is 2.18. The Labute approximate surface area is 157 Å². The molecule has 0 aliphatic heterocycles. The van der Waals surface area contributed by atoms with E-state index in [4.69, 9.17) is 0 Å². The van der Waals surface area contributed by atoms with Crippen LogP contribution in [0, 0.1) is 13.8 Å². The number of nitrogens with one attached hydrogen (secondary N) is 1. The molecule has 0 saturated heterocycles. The van der Waals surface area contributed by atoms with Gasteiger partial charge in [-0.2, -0.15) is 5.10 Å². The van der Waals surface area contributed by atoms with Gasteiger partial charge in [0.2, 0.25) is 0 Å². The number of carbonyl (C=O) groups is 1. The van der Waals surface area contributed by atoms with Gasteiger partial charge in [-0.1, -0.05) is 12.1 Å². The van der Waals surface area contributed by atoms with Crippen LogP contribution in [0.15, 0.2) is 61.1 Å². The molecule has 0 fully saturated rings. The van der Waals surface area contributed by atoms with Crippen molar-refractivity contribution < 1.29 is 4.79 Å². The number of hydrogen-bond donors (Lipinski definition) is 1. The minimum Gasteiger partial charge on any atom is -0.345 e. The van der Waals surface area contributed by atoms with Crippen LogP contribution in [0.4, 0.5) is 0 Å². The molecule has 27 heavy (non-hydrogen) atoms. The van der Waals surface area contributed by atoms with Crippen LogP contribution >= 0.6 is 0 Å². The van der Waals surface area contributed by atoms with Crippen LogP contribution in [0.25, 0.3) is 11.3 Å². The Hall–Kier alpha value is -3.41. The first-order chi connectivity index (χ1) is 13.0. The zero-order valence-corrected chi connectivity index (χ0v) is 15.5. The first kappa shape index (κ1) is 17.0. The van der Waals surface area contributed by atoms with E-state index < -0.39 is 0 Å². The van der Waals surface area contributed by atoms with Crippen molar-refractivity contribution in [3.05, 3.63) is 83.6 Å². The molecule has 3 heterocycles. The Morgan fingerprint density at radius 3 is 2.52 bits per heavy atom. The fraction of sp³-hybridized carbons (Fsp3) is 0.190. The van der Waals surface area contributed by atoms with Crippen molar-refractivity contribution in [2.75, 3.05) is 0 Å². The summed E-state index contributed by atoms with van der Waals surface area (Å²) in [5.74, 6) is -0.176. The van der Waals surface area contributed by atoms with Gasteiger partial charge in [-0.15, -0.1) is 0 Å². The van der Waals surface area contributed by atoms with Crippen molar-refractivity contribution in [3.63, 3.8) is 0 Å². The van der Waals surface area contributed by atoms with Crippen molar-refractivity contribution in [2.24, 2.45) is 0 Å². The lowest BCUT2D eigenvalue weighted by atomic mass is 10.1. The molecule has 4 rings (SSSR count). The van der Waals surface area contributed by atoms with Gasteiger partial charge >= 0.3 is 0 Å². The third-order valence-electron chi connectivity index (χ3n) is 4.67. The van der Waals surface area contributed by atoms with Gasteiger partial charge in [-0.25, -0.2) is 9.50 Å². The third kappa shape index (κ3) is 3.21. The lowest BCUT2D eigenvalue weighted by molar-refractivity contribution is 0.0941. The minimum atomic E-state index is -0.176. The smallest absolute Gasteiger partial charge is 0.257 e. The largest absolute Gasteiger partial charge is 0.345 e. The predicted octanol–water partition coefficient (Wildman–Crippen LogP) is 3.63. The van der Waals surface area contributed by atoms with Crippen LogP contribution < -0.4 is 5.32 Å². The number of rotatable bonds is 4. The molecule has 0 saturated carbocycles. The lowest BCUT2D eigenvalue weighted by Gasteiger charge is -2.15. The quantitative estimate of drug-likeness (QED) is 0.605. The standard InChI is InChI=1S/C21H21N5O/c1-14-12-15(2)26-20(23-14)19(13-22-26)21(27)24-16(3)17-6-8-18(9-7-17)25-10-4-5-11-25/h4-13,16H,1-3H3,(H,24,27). The maximum absolute atomic E-state index is 12.8. The number of fused-ring (bicyclic) bond motifs is 1. The molecule has 136 valence electrons. The Balaban J connectivity index is 1.54. The van der Waals surface area contributed by atoms with E-state index in [2.05, 4.69) is 15.4 Å². The van der Waals surface area contributed by atoms with Crippen LogP contribution in [0.5, 0.6) is 0 Å². The van der Waals surface area contributed by atoms with Crippen LogP contribution in [0.1, 0.15) is 40.3 Å². The van der Waals surface area contributed by atoms with Crippen molar-refractivity contribution in [1.29, 1.82) is 0 Å². The van der Waals surface area contributed by atoms with E-state index in [9.17, 15) is 4.79 Å². The average molecular weight is 359 g/mol. The fourth-order valence-electron chi connectivity index (χ4n) is 3.23. The average Bonchev–Trinajstić information content (AvgIpc) is 3.31. The van der Waals surface area contributed by atoms with E-state index in [0.717, 1.165) is 22.6 Å². The summed E-state index contributed by atoms with van der Waals surface area (Å²) in [6.45, 7) is 5.83.